The van der Waals surface area contributed by atoms with E-state index >= 15 is 0 Å². The maximum Gasteiger partial charge on any atom is 0.233 e. The lowest BCUT2D eigenvalue weighted by Gasteiger charge is -2.40. The van der Waals surface area contributed by atoms with Crippen molar-refractivity contribution < 1.29 is 9.90 Å². The highest BCUT2D eigenvalue weighted by molar-refractivity contribution is 5.91. The minimum Gasteiger partial charge on any atom is -0.386 e. The van der Waals surface area contributed by atoms with Gasteiger partial charge in [-0.3, -0.25) is 4.79 Å². The highest BCUT2D eigenvalue weighted by Gasteiger charge is 2.54. The molecule has 1 saturated carbocycles. The van der Waals surface area contributed by atoms with Gasteiger partial charge in [0.1, 0.15) is 5.60 Å². The summed E-state index contributed by atoms with van der Waals surface area (Å²) in [6.45, 7) is 1.45. The molecule has 1 amide bonds. The summed E-state index contributed by atoms with van der Waals surface area (Å²) < 4.78 is 1.64. The molecule has 1 aromatic carbocycles. The second kappa shape index (κ2) is 5.70. The van der Waals surface area contributed by atoms with Crippen LogP contribution >= 0.6 is 0 Å². The molecular formula is C18H22N4O2. The topological polar surface area (TPSA) is 71.2 Å². The Morgan fingerprint density at radius 1 is 1.21 bits per heavy atom. The maximum atomic E-state index is 13.2. The summed E-state index contributed by atoms with van der Waals surface area (Å²) in [5.41, 5.74) is -0.207. The fourth-order valence-corrected chi connectivity index (χ4v) is 3.84. The van der Waals surface area contributed by atoms with Crippen molar-refractivity contribution in [1.29, 1.82) is 0 Å². The van der Waals surface area contributed by atoms with Crippen LogP contribution in [-0.4, -0.2) is 49.6 Å². The summed E-state index contributed by atoms with van der Waals surface area (Å²) in [6, 6.07) is 10.0. The summed E-state index contributed by atoms with van der Waals surface area (Å²) in [7, 11) is 0. The van der Waals surface area contributed by atoms with Crippen LogP contribution in [-0.2, 0) is 16.8 Å². The number of aliphatic hydroxyl groups is 1. The number of carbonyl (C=O) groups is 1. The molecule has 1 aliphatic heterocycles. The number of benzene rings is 1. The average molecular weight is 326 g/mol. The van der Waals surface area contributed by atoms with E-state index in [-0.39, 0.29) is 11.3 Å². The van der Waals surface area contributed by atoms with Gasteiger partial charge in [0, 0.05) is 12.7 Å². The minimum absolute atomic E-state index is 0.158. The van der Waals surface area contributed by atoms with E-state index in [2.05, 4.69) is 10.3 Å². The molecule has 126 valence electrons. The van der Waals surface area contributed by atoms with Crippen LogP contribution in [0.2, 0.25) is 0 Å². The molecule has 1 atom stereocenters. The number of amides is 1. The van der Waals surface area contributed by atoms with Crippen molar-refractivity contribution in [1.82, 2.24) is 19.9 Å². The van der Waals surface area contributed by atoms with E-state index in [1.165, 1.54) is 0 Å². The molecule has 1 aromatic heterocycles. The van der Waals surface area contributed by atoms with Crippen LogP contribution in [0.4, 0.5) is 0 Å². The predicted molar refractivity (Wildman–Crippen MR) is 88.1 cm³/mol. The fraction of sp³-hybridized carbons (Fsp3) is 0.500. The van der Waals surface area contributed by atoms with Gasteiger partial charge >= 0.3 is 0 Å². The van der Waals surface area contributed by atoms with Crippen molar-refractivity contribution >= 4 is 5.91 Å². The van der Waals surface area contributed by atoms with E-state index in [0.29, 0.717) is 26.1 Å². The van der Waals surface area contributed by atoms with Gasteiger partial charge in [-0.1, -0.05) is 35.5 Å². The smallest absolute Gasteiger partial charge is 0.233 e. The third-order valence-electron chi connectivity index (χ3n) is 5.26. The van der Waals surface area contributed by atoms with Crippen molar-refractivity contribution in [2.45, 2.75) is 43.2 Å². The van der Waals surface area contributed by atoms with Crippen LogP contribution in [0.1, 0.15) is 31.2 Å². The second-order valence-electron chi connectivity index (χ2n) is 7.10. The van der Waals surface area contributed by atoms with E-state index in [0.717, 1.165) is 24.8 Å². The van der Waals surface area contributed by atoms with E-state index in [1.807, 2.05) is 35.2 Å². The predicted octanol–water partition coefficient (Wildman–Crippen LogP) is 1.36. The first-order valence-electron chi connectivity index (χ1n) is 8.53. The van der Waals surface area contributed by atoms with Gasteiger partial charge in [0.05, 0.1) is 24.7 Å². The van der Waals surface area contributed by atoms with Crippen molar-refractivity contribution in [3.8, 4) is 0 Å². The quantitative estimate of drug-likeness (QED) is 0.921. The standard InChI is InChI=1S/C18H22N4O2/c23-16(18(8-9-18)15-5-2-1-3-6-15)21-11-4-7-17(24,13-21)14-22-12-10-19-20-22/h1-3,5-6,10,12,24H,4,7-9,11,13-14H2. The Labute approximate surface area is 141 Å². The minimum atomic E-state index is -0.936. The van der Waals surface area contributed by atoms with Gasteiger partial charge in [-0.25, -0.2) is 4.68 Å². The normalized spacial score (nSPS) is 25.5. The summed E-state index contributed by atoms with van der Waals surface area (Å²) in [5.74, 6) is 0.158. The molecule has 6 heteroatoms. The number of hydrogen-bond donors (Lipinski definition) is 1. The Morgan fingerprint density at radius 3 is 2.67 bits per heavy atom. The van der Waals surface area contributed by atoms with Gasteiger partial charge in [-0.15, -0.1) is 5.10 Å². The van der Waals surface area contributed by atoms with Crippen LogP contribution in [0, 0.1) is 0 Å². The lowest BCUT2D eigenvalue weighted by molar-refractivity contribution is -0.142. The van der Waals surface area contributed by atoms with Gasteiger partial charge in [-0.2, -0.15) is 0 Å². The summed E-state index contributed by atoms with van der Waals surface area (Å²) in [6.07, 6.45) is 6.62. The molecule has 0 bridgehead atoms. The SMILES string of the molecule is O=C(N1CCCC(O)(Cn2ccnn2)C1)C1(c2ccccc2)CC1. The first-order chi connectivity index (χ1) is 11.6. The van der Waals surface area contributed by atoms with E-state index in [9.17, 15) is 9.90 Å². The van der Waals surface area contributed by atoms with Gasteiger partial charge < -0.3 is 10.0 Å². The first kappa shape index (κ1) is 15.3. The Balaban J connectivity index is 1.51. The number of nitrogens with zero attached hydrogens (tertiary/aromatic N) is 4. The molecule has 24 heavy (non-hydrogen) atoms. The molecule has 1 unspecified atom stereocenters. The summed E-state index contributed by atoms with van der Waals surface area (Å²) >= 11 is 0. The zero-order valence-electron chi connectivity index (χ0n) is 13.6. The number of carbonyl (C=O) groups excluding carboxylic acids is 1. The van der Waals surface area contributed by atoms with E-state index in [4.69, 9.17) is 0 Å². The summed E-state index contributed by atoms with van der Waals surface area (Å²) in [5, 5.41) is 18.7. The molecule has 2 aliphatic rings. The molecule has 2 fully saturated rings. The number of aromatic nitrogens is 3. The third kappa shape index (κ3) is 2.71. The lowest BCUT2D eigenvalue weighted by Crippen LogP contribution is -2.54. The zero-order chi connectivity index (χ0) is 16.6. The maximum absolute atomic E-state index is 13.2. The van der Waals surface area contributed by atoms with Crippen molar-refractivity contribution in [2.75, 3.05) is 13.1 Å². The fourth-order valence-electron chi connectivity index (χ4n) is 3.84. The summed E-state index contributed by atoms with van der Waals surface area (Å²) in [4.78, 5) is 15.0. The Kier molecular flexibility index (Phi) is 3.64. The molecule has 1 aliphatic carbocycles. The monoisotopic (exact) mass is 326 g/mol. The van der Waals surface area contributed by atoms with E-state index in [1.54, 1.807) is 17.1 Å². The van der Waals surface area contributed by atoms with Crippen molar-refractivity contribution in [2.24, 2.45) is 0 Å². The van der Waals surface area contributed by atoms with Crippen molar-refractivity contribution in [3.63, 3.8) is 0 Å². The molecule has 0 spiro atoms. The van der Waals surface area contributed by atoms with Crippen LogP contribution < -0.4 is 0 Å². The zero-order valence-corrected chi connectivity index (χ0v) is 13.6. The molecule has 6 nitrogen and oxygen atoms in total. The number of rotatable bonds is 4. The lowest BCUT2D eigenvalue weighted by atomic mass is 9.89. The molecular weight excluding hydrogens is 304 g/mol. The number of β-amino-alcohol motifs (C(OH)–C–C–N with tert-alkyl or cyclic N) is 1. The van der Waals surface area contributed by atoms with Crippen molar-refractivity contribution in [3.05, 3.63) is 48.3 Å². The molecule has 2 heterocycles. The average Bonchev–Trinajstić information content (AvgIpc) is 3.26. The van der Waals surface area contributed by atoms with Gasteiger partial charge in [0.25, 0.3) is 0 Å². The van der Waals surface area contributed by atoms with Crippen LogP contribution in [0.5, 0.6) is 0 Å². The Morgan fingerprint density at radius 2 is 2.00 bits per heavy atom. The number of piperidine rings is 1. The van der Waals surface area contributed by atoms with Gasteiger partial charge in [-0.05, 0) is 31.2 Å². The highest BCUT2D eigenvalue weighted by atomic mass is 16.3. The molecule has 2 aromatic rings. The highest BCUT2D eigenvalue weighted by Crippen LogP contribution is 2.50. The molecule has 1 saturated heterocycles. The largest absolute Gasteiger partial charge is 0.386 e. The Hall–Kier alpha value is -2.21. The number of hydrogen-bond acceptors (Lipinski definition) is 4. The molecule has 0 radical (unpaired) electrons. The van der Waals surface area contributed by atoms with Gasteiger partial charge in [0.2, 0.25) is 5.91 Å². The number of likely N-dealkylation sites (tertiary alicyclic amines) is 1. The molecule has 4 rings (SSSR count). The van der Waals surface area contributed by atoms with E-state index < -0.39 is 5.60 Å². The van der Waals surface area contributed by atoms with Crippen LogP contribution in [0.25, 0.3) is 0 Å². The van der Waals surface area contributed by atoms with Crippen LogP contribution in [0.15, 0.2) is 42.7 Å². The first-order valence-corrected chi connectivity index (χ1v) is 8.53. The molecule has 1 N–H and O–H groups in total. The second-order valence-corrected chi connectivity index (χ2v) is 7.10. The Bertz CT molecular complexity index is 712. The van der Waals surface area contributed by atoms with Gasteiger partial charge in [0.15, 0.2) is 0 Å². The third-order valence-corrected chi connectivity index (χ3v) is 5.26. The van der Waals surface area contributed by atoms with Crippen LogP contribution in [0.3, 0.4) is 0 Å².